The van der Waals surface area contributed by atoms with Gasteiger partial charge in [-0.15, -0.1) is 6.42 Å². The van der Waals surface area contributed by atoms with Gasteiger partial charge < -0.3 is 0 Å². The van der Waals surface area contributed by atoms with Crippen molar-refractivity contribution in [2.45, 2.75) is 6.10 Å². The predicted molar refractivity (Wildman–Crippen MR) is 34.5 cm³/mol. The fraction of sp³-hybridized carbons (Fsp3) is 0.600. The molecule has 0 aromatic rings. The average molecular weight is 166 g/mol. The summed E-state index contributed by atoms with van der Waals surface area (Å²) in [5, 5.41) is 0. The lowest BCUT2D eigenvalue weighted by Gasteiger charge is -2.03. The van der Waals surface area contributed by atoms with Crippen LogP contribution in [0.2, 0.25) is 0 Å². The van der Waals surface area contributed by atoms with Crippen molar-refractivity contribution in [3.05, 3.63) is 0 Å². The molecular weight excluding hydrogens is 159 g/mol. The van der Waals surface area contributed by atoms with Crippen molar-refractivity contribution >= 4 is 10.1 Å². The number of hydrogen-bond donors (Lipinski definition) is 0. The topological polar surface area (TPSA) is 43.4 Å². The van der Waals surface area contributed by atoms with E-state index in [1.165, 1.54) is 0 Å². The van der Waals surface area contributed by atoms with Crippen LogP contribution in [0, 0.1) is 12.3 Å². The van der Waals surface area contributed by atoms with Gasteiger partial charge in [0, 0.05) is 0 Å². The molecule has 0 rings (SSSR count). The number of halogens is 1. The van der Waals surface area contributed by atoms with Gasteiger partial charge in [-0.05, 0) is 0 Å². The highest BCUT2D eigenvalue weighted by molar-refractivity contribution is 7.86. The van der Waals surface area contributed by atoms with Gasteiger partial charge in [-0.3, -0.25) is 4.18 Å². The van der Waals surface area contributed by atoms with Crippen molar-refractivity contribution in [1.82, 2.24) is 0 Å². The minimum Gasteiger partial charge on any atom is -0.251 e. The van der Waals surface area contributed by atoms with Crippen LogP contribution >= 0.6 is 0 Å². The van der Waals surface area contributed by atoms with Gasteiger partial charge in [-0.2, -0.15) is 8.42 Å². The molecule has 0 saturated carbocycles. The molecule has 3 nitrogen and oxygen atoms in total. The molecule has 1 unspecified atom stereocenters. The summed E-state index contributed by atoms with van der Waals surface area (Å²) in [6.45, 7) is -0.996. The van der Waals surface area contributed by atoms with Gasteiger partial charge in [-0.1, -0.05) is 5.92 Å². The predicted octanol–water partition coefficient (Wildman–Crippen LogP) is -0.0661. The Balaban J connectivity index is 4.04. The van der Waals surface area contributed by atoms with Crippen LogP contribution in [0.25, 0.3) is 0 Å². The molecular formula is C5H7FO3S. The molecule has 0 heterocycles. The molecule has 0 spiro atoms. The van der Waals surface area contributed by atoms with Crippen molar-refractivity contribution < 1.29 is 17.0 Å². The van der Waals surface area contributed by atoms with E-state index in [0.717, 1.165) is 6.26 Å². The molecule has 0 fully saturated rings. The Kier molecular flexibility index (Phi) is 3.33. The van der Waals surface area contributed by atoms with E-state index in [2.05, 4.69) is 4.18 Å². The molecule has 0 bridgehead atoms. The van der Waals surface area contributed by atoms with Crippen LogP contribution < -0.4 is 0 Å². The highest BCUT2D eigenvalue weighted by Crippen LogP contribution is 1.96. The summed E-state index contributed by atoms with van der Waals surface area (Å²) in [4.78, 5) is 0. The summed E-state index contributed by atoms with van der Waals surface area (Å²) in [5.41, 5.74) is 0. The third-order valence-corrected chi connectivity index (χ3v) is 1.20. The summed E-state index contributed by atoms with van der Waals surface area (Å²) in [6.07, 6.45) is 4.24. The second kappa shape index (κ2) is 3.54. The Hall–Kier alpha value is -0.600. The zero-order chi connectivity index (χ0) is 8.20. The third-order valence-electron chi connectivity index (χ3n) is 0.617. The van der Waals surface area contributed by atoms with Crippen molar-refractivity contribution in [2.24, 2.45) is 0 Å². The van der Waals surface area contributed by atoms with Gasteiger partial charge in [0.1, 0.15) is 6.67 Å². The largest absolute Gasteiger partial charge is 0.265 e. The lowest BCUT2D eigenvalue weighted by atomic mass is 10.4. The lowest BCUT2D eigenvalue weighted by Crippen LogP contribution is -2.17. The Labute approximate surface area is 59.3 Å². The maximum absolute atomic E-state index is 11.7. The first kappa shape index (κ1) is 9.40. The second-order valence-electron chi connectivity index (χ2n) is 1.61. The Morgan fingerprint density at radius 1 is 1.80 bits per heavy atom. The highest BCUT2D eigenvalue weighted by atomic mass is 32.2. The van der Waals surface area contributed by atoms with Crippen LogP contribution in [0.1, 0.15) is 0 Å². The first-order valence-electron chi connectivity index (χ1n) is 2.40. The first-order valence-corrected chi connectivity index (χ1v) is 4.21. The summed E-state index contributed by atoms with van der Waals surface area (Å²) in [7, 11) is -3.63. The minimum atomic E-state index is -3.63. The molecule has 58 valence electrons. The van der Waals surface area contributed by atoms with E-state index >= 15 is 0 Å². The van der Waals surface area contributed by atoms with E-state index in [0.29, 0.717) is 0 Å². The first-order chi connectivity index (χ1) is 4.49. The van der Waals surface area contributed by atoms with Crippen molar-refractivity contribution in [3.63, 3.8) is 0 Å². The Morgan fingerprint density at radius 3 is 2.40 bits per heavy atom. The molecule has 0 radical (unpaired) electrons. The quantitative estimate of drug-likeness (QED) is 0.435. The monoisotopic (exact) mass is 166 g/mol. The van der Waals surface area contributed by atoms with Crippen LogP contribution in [0.4, 0.5) is 4.39 Å². The van der Waals surface area contributed by atoms with Gasteiger partial charge in [0.05, 0.1) is 6.26 Å². The lowest BCUT2D eigenvalue weighted by molar-refractivity contribution is 0.223. The van der Waals surface area contributed by atoms with Crippen LogP contribution in [0.3, 0.4) is 0 Å². The van der Waals surface area contributed by atoms with Crippen LogP contribution in [-0.4, -0.2) is 27.5 Å². The number of rotatable bonds is 3. The molecule has 5 heteroatoms. The van der Waals surface area contributed by atoms with Gasteiger partial charge in [0.15, 0.2) is 6.10 Å². The van der Waals surface area contributed by atoms with Crippen molar-refractivity contribution in [3.8, 4) is 12.3 Å². The Bertz CT molecular complexity index is 226. The molecule has 0 aromatic heterocycles. The number of terminal acetylenes is 1. The van der Waals surface area contributed by atoms with E-state index in [4.69, 9.17) is 6.42 Å². The summed E-state index contributed by atoms with van der Waals surface area (Å²) >= 11 is 0. The third kappa shape index (κ3) is 4.30. The molecule has 1 atom stereocenters. The Morgan fingerprint density at radius 2 is 2.30 bits per heavy atom. The molecule has 0 aliphatic heterocycles. The van der Waals surface area contributed by atoms with Crippen molar-refractivity contribution in [1.29, 1.82) is 0 Å². The van der Waals surface area contributed by atoms with Crippen molar-refractivity contribution in [2.75, 3.05) is 12.9 Å². The van der Waals surface area contributed by atoms with Crippen LogP contribution in [-0.2, 0) is 14.3 Å². The molecule has 0 saturated heterocycles. The van der Waals surface area contributed by atoms with Gasteiger partial charge >= 0.3 is 0 Å². The van der Waals surface area contributed by atoms with E-state index < -0.39 is 22.9 Å². The normalized spacial score (nSPS) is 14.1. The van der Waals surface area contributed by atoms with E-state index in [1.54, 1.807) is 0 Å². The van der Waals surface area contributed by atoms with E-state index in [9.17, 15) is 12.8 Å². The summed E-state index contributed by atoms with van der Waals surface area (Å²) in [5.74, 6) is 1.83. The average Bonchev–Trinajstić information content (AvgIpc) is 1.81. The standard InChI is InChI=1S/C5H7FO3S/c1-3-5(4-6)9-10(2,7)8/h1,5H,4H2,2H3. The number of hydrogen-bond acceptors (Lipinski definition) is 3. The fourth-order valence-corrected chi connectivity index (χ4v) is 0.838. The zero-order valence-corrected chi connectivity index (χ0v) is 6.19. The van der Waals surface area contributed by atoms with E-state index in [-0.39, 0.29) is 0 Å². The molecule has 0 N–H and O–H groups in total. The molecule has 0 amide bonds. The van der Waals surface area contributed by atoms with Gasteiger partial charge in [0.2, 0.25) is 0 Å². The second-order valence-corrected chi connectivity index (χ2v) is 3.21. The zero-order valence-electron chi connectivity index (χ0n) is 5.37. The molecule has 10 heavy (non-hydrogen) atoms. The summed E-state index contributed by atoms with van der Waals surface area (Å²) in [6, 6.07) is 0. The molecule has 0 aliphatic rings. The molecule has 0 aliphatic carbocycles. The fourth-order valence-electron chi connectivity index (χ4n) is 0.309. The number of alkyl halides is 1. The SMILES string of the molecule is C#CC(CF)OS(C)(=O)=O. The summed E-state index contributed by atoms with van der Waals surface area (Å²) < 4.78 is 36.3. The van der Waals surface area contributed by atoms with Crippen LogP contribution in [0.5, 0.6) is 0 Å². The van der Waals surface area contributed by atoms with Crippen LogP contribution in [0.15, 0.2) is 0 Å². The van der Waals surface area contributed by atoms with Gasteiger partial charge in [-0.25, -0.2) is 4.39 Å². The molecule has 0 aromatic carbocycles. The van der Waals surface area contributed by atoms with Gasteiger partial charge in [0.25, 0.3) is 10.1 Å². The highest BCUT2D eigenvalue weighted by Gasteiger charge is 2.11. The minimum absolute atomic E-state index is 0.812. The smallest absolute Gasteiger partial charge is 0.251 e. The van der Waals surface area contributed by atoms with E-state index in [1.807, 2.05) is 5.92 Å². The maximum Gasteiger partial charge on any atom is 0.265 e. The maximum atomic E-state index is 11.7.